The number of hydrogen-bond donors (Lipinski definition) is 1. The second kappa shape index (κ2) is 4.72. The standard InChI is InChI=1S/C12H15BrN2S/c1-8-4-5-15(7-8)11-3-2-9(12(14)16)6-10(11)13/h2-3,6,8H,4-5,7H2,1H3,(H2,14,16). The van der Waals surface area contributed by atoms with Crippen LogP contribution in [0.4, 0.5) is 5.69 Å². The van der Waals surface area contributed by atoms with Crippen molar-refractivity contribution in [1.29, 1.82) is 0 Å². The van der Waals surface area contributed by atoms with E-state index < -0.39 is 0 Å². The molecule has 0 amide bonds. The molecule has 1 saturated heterocycles. The summed E-state index contributed by atoms with van der Waals surface area (Å²) in [7, 11) is 0. The van der Waals surface area contributed by atoms with E-state index in [1.807, 2.05) is 12.1 Å². The van der Waals surface area contributed by atoms with Gasteiger partial charge >= 0.3 is 0 Å². The Kier molecular flexibility index (Phi) is 3.50. The van der Waals surface area contributed by atoms with Crippen LogP contribution in [-0.4, -0.2) is 18.1 Å². The van der Waals surface area contributed by atoms with E-state index in [0.29, 0.717) is 4.99 Å². The summed E-state index contributed by atoms with van der Waals surface area (Å²) in [5.41, 5.74) is 7.76. The summed E-state index contributed by atoms with van der Waals surface area (Å²) in [6, 6.07) is 6.09. The fourth-order valence-corrected chi connectivity index (χ4v) is 2.83. The lowest BCUT2D eigenvalue weighted by molar-refractivity contribution is 0.659. The molecule has 0 aliphatic carbocycles. The highest BCUT2D eigenvalue weighted by Gasteiger charge is 2.20. The van der Waals surface area contributed by atoms with E-state index in [4.69, 9.17) is 18.0 Å². The van der Waals surface area contributed by atoms with Crippen LogP contribution in [-0.2, 0) is 0 Å². The molecule has 1 aromatic rings. The fourth-order valence-electron chi connectivity index (χ4n) is 2.07. The Bertz CT molecular complexity index is 419. The second-order valence-electron chi connectivity index (χ2n) is 4.37. The van der Waals surface area contributed by atoms with Gasteiger partial charge in [0.25, 0.3) is 0 Å². The molecule has 86 valence electrons. The van der Waals surface area contributed by atoms with Crippen molar-refractivity contribution in [2.24, 2.45) is 11.7 Å². The summed E-state index contributed by atoms with van der Waals surface area (Å²) < 4.78 is 1.08. The van der Waals surface area contributed by atoms with E-state index in [1.54, 1.807) is 0 Å². The largest absolute Gasteiger partial charge is 0.389 e. The molecular formula is C12H15BrN2S. The molecule has 0 saturated carbocycles. The predicted molar refractivity (Wildman–Crippen MR) is 76.0 cm³/mol. The highest BCUT2D eigenvalue weighted by molar-refractivity contribution is 9.10. The van der Waals surface area contributed by atoms with Gasteiger partial charge in [0.15, 0.2) is 0 Å². The van der Waals surface area contributed by atoms with Crippen molar-refractivity contribution in [2.45, 2.75) is 13.3 Å². The number of nitrogens with zero attached hydrogens (tertiary/aromatic N) is 1. The van der Waals surface area contributed by atoms with Crippen LogP contribution in [0.25, 0.3) is 0 Å². The first-order valence-corrected chi connectivity index (χ1v) is 6.62. The van der Waals surface area contributed by atoms with E-state index >= 15 is 0 Å². The van der Waals surface area contributed by atoms with Crippen LogP contribution in [0.2, 0.25) is 0 Å². The van der Waals surface area contributed by atoms with Gasteiger partial charge in [0.1, 0.15) is 4.99 Å². The first-order chi connectivity index (χ1) is 7.58. The van der Waals surface area contributed by atoms with Gasteiger partial charge in [0.2, 0.25) is 0 Å². The van der Waals surface area contributed by atoms with Gasteiger partial charge in [-0.2, -0.15) is 0 Å². The van der Waals surface area contributed by atoms with Crippen LogP contribution in [0.1, 0.15) is 18.9 Å². The maximum Gasteiger partial charge on any atom is 0.104 e. The van der Waals surface area contributed by atoms with Crippen LogP contribution < -0.4 is 10.6 Å². The van der Waals surface area contributed by atoms with Crippen molar-refractivity contribution in [1.82, 2.24) is 0 Å². The van der Waals surface area contributed by atoms with E-state index in [9.17, 15) is 0 Å². The first-order valence-electron chi connectivity index (χ1n) is 5.42. The number of thiocarbonyl (C=S) groups is 1. The molecule has 0 bridgehead atoms. The van der Waals surface area contributed by atoms with Gasteiger partial charge < -0.3 is 10.6 Å². The molecule has 2 N–H and O–H groups in total. The summed E-state index contributed by atoms with van der Waals surface area (Å²) in [5.74, 6) is 0.780. The summed E-state index contributed by atoms with van der Waals surface area (Å²) in [4.78, 5) is 2.85. The molecule has 2 nitrogen and oxygen atoms in total. The lowest BCUT2D eigenvalue weighted by Crippen LogP contribution is -2.20. The summed E-state index contributed by atoms with van der Waals surface area (Å²) in [5, 5.41) is 0. The molecule has 1 atom stereocenters. The number of anilines is 1. The van der Waals surface area contributed by atoms with E-state index in [2.05, 4.69) is 33.8 Å². The van der Waals surface area contributed by atoms with Crippen LogP contribution in [0, 0.1) is 5.92 Å². The Hall–Kier alpha value is -0.610. The van der Waals surface area contributed by atoms with Gasteiger partial charge in [-0.05, 0) is 46.5 Å². The molecule has 1 fully saturated rings. The third kappa shape index (κ3) is 2.38. The average Bonchev–Trinajstić information content (AvgIpc) is 2.64. The highest BCUT2D eigenvalue weighted by Crippen LogP contribution is 2.31. The van der Waals surface area contributed by atoms with E-state index in [1.165, 1.54) is 12.1 Å². The molecule has 0 aromatic heterocycles. The van der Waals surface area contributed by atoms with Crippen molar-refractivity contribution in [3.8, 4) is 0 Å². The van der Waals surface area contributed by atoms with E-state index in [-0.39, 0.29) is 0 Å². The van der Waals surface area contributed by atoms with Crippen molar-refractivity contribution in [3.05, 3.63) is 28.2 Å². The predicted octanol–water partition coefficient (Wildman–Crippen LogP) is 2.93. The minimum atomic E-state index is 0.446. The molecule has 0 spiro atoms. The van der Waals surface area contributed by atoms with Gasteiger partial charge in [0, 0.05) is 23.1 Å². The highest BCUT2D eigenvalue weighted by atomic mass is 79.9. The van der Waals surface area contributed by atoms with Crippen molar-refractivity contribution >= 4 is 38.8 Å². The van der Waals surface area contributed by atoms with Crippen LogP contribution in [0.3, 0.4) is 0 Å². The molecule has 1 unspecified atom stereocenters. The monoisotopic (exact) mass is 298 g/mol. The van der Waals surface area contributed by atoms with Crippen molar-refractivity contribution in [3.63, 3.8) is 0 Å². The number of rotatable bonds is 2. The van der Waals surface area contributed by atoms with E-state index in [0.717, 1.165) is 29.0 Å². The molecule has 4 heteroatoms. The van der Waals surface area contributed by atoms with Crippen molar-refractivity contribution < 1.29 is 0 Å². The van der Waals surface area contributed by atoms with Gasteiger partial charge in [-0.1, -0.05) is 19.1 Å². The Morgan fingerprint density at radius 2 is 2.31 bits per heavy atom. The zero-order chi connectivity index (χ0) is 11.7. The van der Waals surface area contributed by atoms with Crippen LogP contribution >= 0.6 is 28.1 Å². The Morgan fingerprint density at radius 1 is 1.56 bits per heavy atom. The molecule has 0 radical (unpaired) electrons. The maximum absolute atomic E-state index is 5.61. The summed E-state index contributed by atoms with van der Waals surface area (Å²) in [6.07, 6.45) is 1.27. The Morgan fingerprint density at radius 3 is 2.81 bits per heavy atom. The Labute approximate surface area is 110 Å². The lowest BCUT2D eigenvalue weighted by atomic mass is 10.2. The summed E-state index contributed by atoms with van der Waals surface area (Å²) >= 11 is 8.55. The SMILES string of the molecule is CC1CCN(c2ccc(C(N)=S)cc2Br)C1. The minimum absolute atomic E-state index is 0.446. The molecule has 1 heterocycles. The molecule has 16 heavy (non-hydrogen) atoms. The quantitative estimate of drug-likeness (QED) is 0.851. The maximum atomic E-state index is 5.61. The average molecular weight is 299 g/mol. The minimum Gasteiger partial charge on any atom is -0.389 e. The van der Waals surface area contributed by atoms with Gasteiger partial charge in [0.05, 0.1) is 5.69 Å². The van der Waals surface area contributed by atoms with Crippen LogP contribution in [0.5, 0.6) is 0 Å². The number of hydrogen-bond acceptors (Lipinski definition) is 2. The smallest absolute Gasteiger partial charge is 0.104 e. The molecule has 2 rings (SSSR count). The molecule has 1 aliphatic rings. The third-order valence-corrected chi connectivity index (χ3v) is 3.87. The number of benzene rings is 1. The molecule has 1 aliphatic heterocycles. The summed E-state index contributed by atoms with van der Waals surface area (Å²) in [6.45, 7) is 4.55. The number of nitrogens with two attached hydrogens (primary N) is 1. The normalized spacial score (nSPS) is 20.1. The Balaban J connectivity index is 2.26. The van der Waals surface area contributed by atoms with Gasteiger partial charge in [-0.25, -0.2) is 0 Å². The molecular weight excluding hydrogens is 284 g/mol. The zero-order valence-electron chi connectivity index (χ0n) is 9.24. The fraction of sp³-hybridized carbons (Fsp3) is 0.417. The van der Waals surface area contributed by atoms with Crippen LogP contribution in [0.15, 0.2) is 22.7 Å². The van der Waals surface area contributed by atoms with Gasteiger partial charge in [-0.15, -0.1) is 0 Å². The van der Waals surface area contributed by atoms with Crippen molar-refractivity contribution in [2.75, 3.05) is 18.0 Å². The third-order valence-electron chi connectivity index (χ3n) is 3.00. The topological polar surface area (TPSA) is 29.3 Å². The van der Waals surface area contributed by atoms with Gasteiger partial charge in [-0.3, -0.25) is 0 Å². The molecule has 1 aromatic carbocycles. The zero-order valence-corrected chi connectivity index (χ0v) is 11.6. The lowest BCUT2D eigenvalue weighted by Gasteiger charge is -2.20. The second-order valence-corrected chi connectivity index (χ2v) is 5.66. The first kappa shape index (κ1) is 11.9. The number of halogens is 1.